The fourth-order valence-corrected chi connectivity index (χ4v) is 2.00. The van der Waals surface area contributed by atoms with E-state index in [0.29, 0.717) is 15.6 Å². The largest absolute Gasteiger partial charge is 0.479 e. The van der Waals surface area contributed by atoms with Crippen LogP contribution in [0.5, 0.6) is 0 Å². The van der Waals surface area contributed by atoms with Gasteiger partial charge in [-0.3, -0.25) is 0 Å². The van der Waals surface area contributed by atoms with Gasteiger partial charge < -0.3 is 15.6 Å². The number of carboxylic acids is 1. The molecule has 0 aliphatic carbocycles. The quantitative estimate of drug-likeness (QED) is 0.642. The smallest absolute Gasteiger partial charge is 0.338 e. The first-order valence-corrected chi connectivity index (χ1v) is 6.59. The first kappa shape index (κ1) is 16.8. The highest BCUT2D eigenvalue weighted by molar-refractivity contribution is 6.35. The molecule has 0 aliphatic heterocycles. The first-order chi connectivity index (χ1) is 9.21. The van der Waals surface area contributed by atoms with E-state index in [1.165, 1.54) is 13.8 Å². The summed E-state index contributed by atoms with van der Waals surface area (Å²) in [7, 11) is 0. The fourth-order valence-electron chi connectivity index (χ4n) is 1.50. The van der Waals surface area contributed by atoms with E-state index in [1.54, 1.807) is 18.2 Å². The Labute approximate surface area is 126 Å². The Balaban J connectivity index is 2.89. The zero-order valence-corrected chi connectivity index (χ0v) is 12.5. The molecule has 0 aromatic heterocycles. The molecule has 0 amide bonds. The summed E-state index contributed by atoms with van der Waals surface area (Å²) < 4.78 is 4.96. The molecule has 1 unspecified atom stereocenters. The second kappa shape index (κ2) is 6.43. The van der Waals surface area contributed by atoms with Crippen molar-refractivity contribution < 1.29 is 19.4 Å². The highest BCUT2D eigenvalue weighted by atomic mass is 35.5. The van der Waals surface area contributed by atoms with Crippen LogP contribution in [0.25, 0.3) is 0 Å². The summed E-state index contributed by atoms with van der Waals surface area (Å²) in [4.78, 5) is 23.1. The summed E-state index contributed by atoms with van der Waals surface area (Å²) in [5.74, 6) is -3.10. The Kier molecular flexibility index (Phi) is 5.39. The molecule has 0 spiro atoms. The Morgan fingerprint density at radius 2 is 1.85 bits per heavy atom. The van der Waals surface area contributed by atoms with Gasteiger partial charge in [-0.25, -0.2) is 9.59 Å². The van der Waals surface area contributed by atoms with Gasteiger partial charge in [-0.1, -0.05) is 43.1 Å². The van der Waals surface area contributed by atoms with E-state index in [9.17, 15) is 9.59 Å². The van der Waals surface area contributed by atoms with Crippen LogP contribution in [0, 0.1) is 5.92 Å². The zero-order valence-electron chi connectivity index (χ0n) is 11.0. The molecule has 5 nitrogen and oxygen atoms in total. The number of hydrogen-bond donors (Lipinski definition) is 2. The molecule has 0 heterocycles. The number of nitrogens with two attached hydrogens (primary N) is 1. The van der Waals surface area contributed by atoms with Gasteiger partial charge in [0.05, 0.1) is 0 Å². The van der Waals surface area contributed by atoms with Crippen LogP contribution in [-0.4, -0.2) is 22.6 Å². The molecule has 1 atom stereocenters. The molecular formula is C13H15Cl2NO4. The lowest BCUT2D eigenvalue weighted by molar-refractivity contribution is -0.164. The number of carbonyl (C=O) groups is 2. The maximum Gasteiger partial charge on any atom is 0.338 e. The minimum atomic E-state index is -2.10. The molecule has 0 bridgehead atoms. The van der Waals surface area contributed by atoms with Crippen LogP contribution in [0.1, 0.15) is 19.4 Å². The topological polar surface area (TPSA) is 89.6 Å². The third kappa shape index (κ3) is 3.23. The molecule has 1 aromatic carbocycles. The lowest BCUT2D eigenvalue weighted by Gasteiger charge is -2.26. The Bertz CT molecular complexity index is 513. The fraction of sp³-hybridized carbons (Fsp3) is 0.385. The summed E-state index contributed by atoms with van der Waals surface area (Å²) in [5.41, 5.74) is 3.93. The maximum absolute atomic E-state index is 11.9. The second-order valence-electron chi connectivity index (χ2n) is 4.61. The number of halogens is 2. The van der Waals surface area contributed by atoms with Gasteiger partial charge in [-0.15, -0.1) is 0 Å². The van der Waals surface area contributed by atoms with Crippen molar-refractivity contribution in [3.05, 3.63) is 33.8 Å². The van der Waals surface area contributed by atoms with Gasteiger partial charge in [0, 0.05) is 15.6 Å². The number of esters is 1. The lowest BCUT2D eigenvalue weighted by atomic mass is 9.87. The van der Waals surface area contributed by atoms with Crippen molar-refractivity contribution in [2.24, 2.45) is 11.7 Å². The number of hydrogen-bond acceptors (Lipinski definition) is 4. The molecule has 110 valence electrons. The van der Waals surface area contributed by atoms with E-state index in [1.807, 2.05) is 0 Å². The summed E-state index contributed by atoms with van der Waals surface area (Å²) >= 11 is 11.9. The number of benzene rings is 1. The average molecular weight is 320 g/mol. The van der Waals surface area contributed by atoms with Crippen LogP contribution in [0.2, 0.25) is 10.0 Å². The average Bonchev–Trinajstić information content (AvgIpc) is 2.36. The normalized spacial score (nSPS) is 13.9. The van der Waals surface area contributed by atoms with Crippen molar-refractivity contribution >= 4 is 35.1 Å². The van der Waals surface area contributed by atoms with Gasteiger partial charge in [0.15, 0.2) is 0 Å². The van der Waals surface area contributed by atoms with Crippen LogP contribution < -0.4 is 5.73 Å². The number of rotatable bonds is 5. The highest BCUT2D eigenvalue weighted by Gasteiger charge is 2.47. The van der Waals surface area contributed by atoms with Gasteiger partial charge in [-0.2, -0.15) is 0 Å². The van der Waals surface area contributed by atoms with Gasteiger partial charge in [-0.05, 0) is 18.1 Å². The predicted molar refractivity (Wildman–Crippen MR) is 75.7 cm³/mol. The van der Waals surface area contributed by atoms with Crippen molar-refractivity contribution in [2.75, 3.05) is 0 Å². The maximum atomic E-state index is 11.9. The predicted octanol–water partition coefficient (Wildman–Crippen LogP) is 2.47. The lowest BCUT2D eigenvalue weighted by Crippen LogP contribution is -2.59. The van der Waals surface area contributed by atoms with Crippen LogP contribution in [0.15, 0.2) is 18.2 Å². The van der Waals surface area contributed by atoms with Gasteiger partial charge in [0.2, 0.25) is 5.54 Å². The van der Waals surface area contributed by atoms with E-state index in [2.05, 4.69) is 0 Å². The summed E-state index contributed by atoms with van der Waals surface area (Å²) in [5, 5.41) is 9.76. The molecule has 20 heavy (non-hydrogen) atoms. The SMILES string of the molecule is CC(C)C(N)(C(=O)O)C(=O)OCc1c(Cl)cccc1Cl. The van der Waals surface area contributed by atoms with Crippen LogP contribution >= 0.6 is 23.2 Å². The van der Waals surface area contributed by atoms with Gasteiger partial charge in [0.1, 0.15) is 6.61 Å². The van der Waals surface area contributed by atoms with E-state index in [-0.39, 0.29) is 6.61 Å². The van der Waals surface area contributed by atoms with Gasteiger partial charge in [0.25, 0.3) is 0 Å². The monoisotopic (exact) mass is 319 g/mol. The Hall–Kier alpha value is -1.30. The zero-order chi connectivity index (χ0) is 15.5. The van der Waals surface area contributed by atoms with Crippen molar-refractivity contribution in [2.45, 2.75) is 26.0 Å². The molecule has 1 aromatic rings. The van der Waals surface area contributed by atoms with Crippen LogP contribution in [0.3, 0.4) is 0 Å². The van der Waals surface area contributed by atoms with E-state index in [0.717, 1.165) is 0 Å². The molecule has 1 rings (SSSR count). The number of carbonyl (C=O) groups excluding carboxylic acids is 1. The molecule has 7 heteroatoms. The van der Waals surface area contributed by atoms with Crippen LogP contribution in [0.4, 0.5) is 0 Å². The number of ether oxygens (including phenoxy) is 1. The van der Waals surface area contributed by atoms with Crippen molar-refractivity contribution in [3.8, 4) is 0 Å². The summed E-state index contributed by atoms with van der Waals surface area (Å²) in [6.45, 7) is 2.81. The second-order valence-corrected chi connectivity index (χ2v) is 5.42. The van der Waals surface area contributed by atoms with Crippen LogP contribution in [-0.2, 0) is 20.9 Å². The third-order valence-electron chi connectivity index (χ3n) is 3.01. The molecular weight excluding hydrogens is 305 g/mol. The molecule has 0 saturated heterocycles. The molecule has 0 fully saturated rings. The van der Waals surface area contributed by atoms with Crippen molar-refractivity contribution in [3.63, 3.8) is 0 Å². The van der Waals surface area contributed by atoms with Gasteiger partial charge >= 0.3 is 11.9 Å². The minimum Gasteiger partial charge on any atom is -0.479 e. The highest BCUT2D eigenvalue weighted by Crippen LogP contribution is 2.26. The molecule has 0 radical (unpaired) electrons. The Morgan fingerprint density at radius 1 is 1.35 bits per heavy atom. The summed E-state index contributed by atoms with van der Waals surface area (Å²) in [6.07, 6.45) is 0. The first-order valence-electron chi connectivity index (χ1n) is 5.83. The van der Waals surface area contributed by atoms with Crippen molar-refractivity contribution in [1.29, 1.82) is 0 Å². The number of aliphatic carboxylic acids is 1. The standard InChI is InChI=1S/C13H15Cl2NO4/c1-7(2)13(16,11(17)18)12(19)20-6-8-9(14)4-3-5-10(8)15/h3-5,7H,6,16H2,1-2H3,(H,17,18). The van der Waals surface area contributed by atoms with Crippen molar-refractivity contribution in [1.82, 2.24) is 0 Å². The third-order valence-corrected chi connectivity index (χ3v) is 3.72. The Morgan fingerprint density at radius 3 is 2.25 bits per heavy atom. The number of carboxylic acid groups (broad SMARTS) is 1. The molecule has 3 N–H and O–H groups in total. The van der Waals surface area contributed by atoms with E-state index < -0.39 is 23.4 Å². The molecule has 0 saturated carbocycles. The minimum absolute atomic E-state index is 0.240. The van der Waals surface area contributed by atoms with E-state index in [4.69, 9.17) is 38.8 Å². The molecule has 0 aliphatic rings. The summed E-state index contributed by atoms with van der Waals surface area (Å²) in [6, 6.07) is 4.83. The van der Waals surface area contributed by atoms with E-state index >= 15 is 0 Å².